The predicted molar refractivity (Wildman–Crippen MR) is 138 cm³/mol. The van der Waals surface area contributed by atoms with Crippen molar-refractivity contribution in [3.8, 4) is 6.07 Å². The Kier molecular flexibility index (Phi) is 6.01. The minimum atomic E-state index is -0.210. The van der Waals surface area contributed by atoms with Crippen LogP contribution in [0.15, 0.2) is 104 Å². The topological polar surface area (TPSA) is 103 Å². The first kappa shape index (κ1) is 21.6. The highest BCUT2D eigenvalue weighted by Gasteiger charge is 2.10. The van der Waals surface area contributed by atoms with Gasteiger partial charge in [-0.1, -0.05) is 12.1 Å². The van der Waals surface area contributed by atoms with Crippen LogP contribution in [0.25, 0.3) is 10.9 Å². The molecule has 5 rings (SSSR count). The summed E-state index contributed by atoms with van der Waals surface area (Å²) in [5.41, 5.74) is 5.85. The molecule has 168 valence electrons. The molecule has 0 bridgehead atoms. The number of rotatable bonds is 6. The van der Waals surface area contributed by atoms with Gasteiger partial charge in [-0.3, -0.25) is 14.8 Å². The molecule has 1 amide bonds. The maximum absolute atomic E-state index is 12.8. The Bertz CT molecular complexity index is 1540. The number of nitrogens with zero attached hydrogens (tertiary/aromatic N) is 3. The van der Waals surface area contributed by atoms with Crippen LogP contribution in [0.3, 0.4) is 0 Å². The summed E-state index contributed by atoms with van der Waals surface area (Å²) in [6, 6.07) is 27.9. The number of hydrogen-bond acceptors (Lipinski definition) is 6. The van der Waals surface area contributed by atoms with Gasteiger partial charge < -0.3 is 16.0 Å². The molecule has 0 saturated heterocycles. The molecule has 0 aliphatic heterocycles. The Morgan fingerprint density at radius 2 is 1.49 bits per heavy atom. The fourth-order valence-corrected chi connectivity index (χ4v) is 3.74. The number of hydrogen-bond donors (Lipinski definition) is 3. The van der Waals surface area contributed by atoms with Gasteiger partial charge >= 0.3 is 0 Å². The van der Waals surface area contributed by atoms with E-state index in [0.717, 1.165) is 33.7 Å². The first-order chi connectivity index (χ1) is 17.2. The summed E-state index contributed by atoms with van der Waals surface area (Å²) in [4.78, 5) is 21.2. The largest absolute Gasteiger partial charge is 0.355 e. The van der Waals surface area contributed by atoms with Gasteiger partial charge in [-0.05, 0) is 72.8 Å². The molecular weight excluding hydrogens is 436 g/mol. The van der Waals surface area contributed by atoms with E-state index in [0.29, 0.717) is 16.8 Å². The van der Waals surface area contributed by atoms with Crippen molar-refractivity contribution in [2.75, 3.05) is 16.0 Å². The van der Waals surface area contributed by atoms with E-state index in [1.54, 1.807) is 36.8 Å². The van der Waals surface area contributed by atoms with Crippen molar-refractivity contribution in [2.45, 2.75) is 0 Å². The Hall–Kier alpha value is -5.22. The van der Waals surface area contributed by atoms with E-state index in [-0.39, 0.29) is 5.91 Å². The summed E-state index contributed by atoms with van der Waals surface area (Å²) in [6.45, 7) is 0. The van der Waals surface area contributed by atoms with Crippen LogP contribution in [0, 0.1) is 11.3 Å². The molecule has 0 aliphatic carbocycles. The van der Waals surface area contributed by atoms with E-state index in [1.807, 2.05) is 66.7 Å². The number of nitrogens with one attached hydrogen (secondary N) is 3. The van der Waals surface area contributed by atoms with Gasteiger partial charge in [0.05, 0.1) is 22.8 Å². The lowest BCUT2D eigenvalue weighted by Gasteiger charge is -2.12. The highest BCUT2D eigenvalue weighted by atomic mass is 16.1. The third-order valence-electron chi connectivity index (χ3n) is 5.40. The third-order valence-corrected chi connectivity index (χ3v) is 5.40. The highest BCUT2D eigenvalue weighted by molar-refractivity contribution is 6.05. The van der Waals surface area contributed by atoms with Crippen molar-refractivity contribution in [1.82, 2.24) is 9.97 Å². The van der Waals surface area contributed by atoms with E-state index in [2.05, 4.69) is 32.0 Å². The molecule has 0 fully saturated rings. The summed E-state index contributed by atoms with van der Waals surface area (Å²) >= 11 is 0. The lowest BCUT2D eigenvalue weighted by atomic mass is 10.1. The Labute approximate surface area is 202 Å². The second-order valence-electron chi connectivity index (χ2n) is 7.77. The van der Waals surface area contributed by atoms with Gasteiger partial charge in [0.25, 0.3) is 5.91 Å². The van der Waals surface area contributed by atoms with E-state index in [9.17, 15) is 10.1 Å². The molecular formula is C28H20N6O. The third kappa shape index (κ3) is 4.92. The van der Waals surface area contributed by atoms with Crippen LogP contribution in [0.1, 0.15) is 15.9 Å². The van der Waals surface area contributed by atoms with Crippen LogP contribution < -0.4 is 16.0 Å². The van der Waals surface area contributed by atoms with Gasteiger partial charge in [-0.2, -0.15) is 5.26 Å². The number of carbonyl (C=O) groups excluding carboxylic acids is 1. The Morgan fingerprint density at radius 1 is 0.743 bits per heavy atom. The van der Waals surface area contributed by atoms with Crippen LogP contribution >= 0.6 is 0 Å². The van der Waals surface area contributed by atoms with Crippen LogP contribution in [0.5, 0.6) is 0 Å². The minimum Gasteiger partial charge on any atom is -0.355 e. The molecule has 35 heavy (non-hydrogen) atoms. The molecule has 0 unspecified atom stereocenters. The van der Waals surface area contributed by atoms with Crippen molar-refractivity contribution in [3.63, 3.8) is 0 Å². The van der Waals surface area contributed by atoms with Crippen molar-refractivity contribution in [2.24, 2.45) is 0 Å². The van der Waals surface area contributed by atoms with Gasteiger partial charge in [0, 0.05) is 52.3 Å². The Balaban J connectivity index is 1.29. The molecule has 0 saturated carbocycles. The second kappa shape index (κ2) is 9.73. The first-order valence-corrected chi connectivity index (χ1v) is 10.9. The fraction of sp³-hybridized carbons (Fsp3) is 0. The van der Waals surface area contributed by atoms with E-state index in [4.69, 9.17) is 0 Å². The van der Waals surface area contributed by atoms with E-state index < -0.39 is 0 Å². The number of benzene rings is 3. The number of amides is 1. The summed E-state index contributed by atoms with van der Waals surface area (Å²) in [5.74, 6) is -0.210. The molecule has 3 N–H and O–H groups in total. The molecule has 5 aromatic rings. The van der Waals surface area contributed by atoms with Gasteiger partial charge in [0.15, 0.2) is 0 Å². The number of anilines is 5. The van der Waals surface area contributed by atoms with Crippen molar-refractivity contribution in [1.29, 1.82) is 5.26 Å². The highest BCUT2D eigenvalue weighted by Crippen LogP contribution is 2.28. The molecule has 7 nitrogen and oxygen atoms in total. The minimum absolute atomic E-state index is 0.210. The predicted octanol–water partition coefficient (Wildman–Crippen LogP) is 6.24. The number of fused-ring (bicyclic) bond motifs is 1. The molecule has 0 spiro atoms. The van der Waals surface area contributed by atoms with Gasteiger partial charge in [0.1, 0.15) is 0 Å². The molecule has 0 aliphatic rings. The van der Waals surface area contributed by atoms with Crippen LogP contribution in [-0.4, -0.2) is 15.9 Å². The quantitative estimate of drug-likeness (QED) is 0.279. The zero-order chi connectivity index (χ0) is 24.0. The van der Waals surface area contributed by atoms with E-state index >= 15 is 0 Å². The lowest BCUT2D eigenvalue weighted by molar-refractivity contribution is 0.102. The number of pyridine rings is 2. The van der Waals surface area contributed by atoms with Crippen molar-refractivity contribution >= 4 is 45.2 Å². The summed E-state index contributed by atoms with van der Waals surface area (Å²) < 4.78 is 0. The molecule has 0 atom stereocenters. The lowest BCUT2D eigenvalue weighted by Crippen LogP contribution is -2.11. The summed E-state index contributed by atoms with van der Waals surface area (Å²) in [5, 5.41) is 19.8. The van der Waals surface area contributed by atoms with Gasteiger partial charge in [-0.25, -0.2) is 0 Å². The summed E-state index contributed by atoms with van der Waals surface area (Å²) in [6.07, 6.45) is 5.13. The first-order valence-electron chi connectivity index (χ1n) is 10.9. The molecule has 7 heteroatoms. The fourth-order valence-electron chi connectivity index (χ4n) is 3.74. The maximum Gasteiger partial charge on any atom is 0.255 e. The SMILES string of the molecule is N#Cc1cccc2nccc(Nc3ccc(C(=O)Nc4cccc(Nc5ccncc5)c4)cc3)c12. The molecule has 3 aromatic carbocycles. The number of nitriles is 1. The van der Waals surface area contributed by atoms with Crippen molar-refractivity contribution < 1.29 is 4.79 Å². The molecule has 2 aromatic heterocycles. The van der Waals surface area contributed by atoms with Crippen molar-refractivity contribution in [3.05, 3.63) is 115 Å². The number of aromatic nitrogens is 2. The smallest absolute Gasteiger partial charge is 0.255 e. The average Bonchev–Trinajstić information content (AvgIpc) is 2.89. The normalized spacial score (nSPS) is 10.4. The van der Waals surface area contributed by atoms with Crippen LogP contribution in [0.4, 0.5) is 28.4 Å². The van der Waals surface area contributed by atoms with Gasteiger partial charge in [-0.15, -0.1) is 0 Å². The Morgan fingerprint density at radius 3 is 2.29 bits per heavy atom. The maximum atomic E-state index is 12.8. The number of carbonyl (C=O) groups is 1. The van der Waals surface area contributed by atoms with Crippen LogP contribution in [0.2, 0.25) is 0 Å². The van der Waals surface area contributed by atoms with Crippen LogP contribution in [-0.2, 0) is 0 Å². The molecule has 0 radical (unpaired) electrons. The monoisotopic (exact) mass is 456 g/mol. The molecule has 2 heterocycles. The van der Waals surface area contributed by atoms with Gasteiger partial charge in [0.2, 0.25) is 0 Å². The summed E-state index contributed by atoms with van der Waals surface area (Å²) in [7, 11) is 0. The van der Waals surface area contributed by atoms with E-state index in [1.165, 1.54) is 0 Å². The standard InChI is InChI=1S/C28H20N6O/c29-18-20-3-1-6-25-27(20)26(13-16-31-25)33-21-9-7-19(8-10-21)28(35)34-24-5-2-4-23(17-24)32-22-11-14-30-15-12-22/h1-17H,(H,30,32)(H,31,33)(H,34,35). The zero-order valence-corrected chi connectivity index (χ0v) is 18.6. The zero-order valence-electron chi connectivity index (χ0n) is 18.6. The average molecular weight is 457 g/mol. The second-order valence-corrected chi connectivity index (χ2v) is 7.77.